The van der Waals surface area contributed by atoms with Crippen LogP contribution in [-0.2, 0) is 21.2 Å². The van der Waals surface area contributed by atoms with Crippen molar-refractivity contribution in [2.24, 2.45) is 0 Å². The Kier molecular flexibility index (Phi) is 7.42. The summed E-state index contributed by atoms with van der Waals surface area (Å²) in [5.74, 6) is -0.242. The number of hydrogen-bond donors (Lipinski definition) is 2. The lowest BCUT2D eigenvalue weighted by Crippen LogP contribution is -2.25. The molecule has 3 aromatic rings. The molecule has 0 radical (unpaired) electrons. The fourth-order valence-electron chi connectivity index (χ4n) is 2.49. The first kappa shape index (κ1) is 23.3. The minimum Gasteiger partial charge on any atom is -0.351 e. The van der Waals surface area contributed by atoms with Crippen molar-refractivity contribution in [2.75, 3.05) is 5.75 Å². The Morgan fingerprint density at radius 3 is 2.48 bits per heavy atom. The number of thioether (sulfide) groups is 1. The van der Waals surface area contributed by atoms with Crippen molar-refractivity contribution in [1.82, 2.24) is 15.3 Å². The number of benzene rings is 2. The number of halogens is 2. The third kappa shape index (κ3) is 5.88. The van der Waals surface area contributed by atoms with Crippen LogP contribution in [0.3, 0.4) is 0 Å². The average Bonchev–Trinajstić information content (AvgIpc) is 2.73. The second kappa shape index (κ2) is 9.86. The molecule has 0 fully saturated rings. The predicted octanol–water partition coefficient (Wildman–Crippen LogP) is 3.63. The Balaban J connectivity index is 1.65. The van der Waals surface area contributed by atoms with E-state index in [4.69, 9.17) is 23.2 Å². The van der Waals surface area contributed by atoms with E-state index in [9.17, 15) is 18.0 Å². The lowest BCUT2D eigenvalue weighted by Gasteiger charge is -2.07. The summed E-state index contributed by atoms with van der Waals surface area (Å²) in [4.78, 5) is 30.0. The van der Waals surface area contributed by atoms with Crippen LogP contribution in [0.15, 0.2) is 68.4 Å². The van der Waals surface area contributed by atoms with E-state index in [1.807, 2.05) is 31.2 Å². The summed E-state index contributed by atoms with van der Waals surface area (Å²) >= 11 is 12.7. The molecular weight excluding hydrogens is 481 g/mol. The number of hydrogen-bond acceptors (Lipinski definition) is 6. The van der Waals surface area contributed by atoms with Crippen molar-refractivity contribution < 1.29 is 13.2 Å². The second-order valence-electron chi connectivity index (χ2n) is 6.51. The van der Waals surface area contributed by atoms with E-state index >= 15 is 0 Å². The van der Waals surface area contributed by atoms with Gasteiger partial charge in [0.2, 0.25) is 15.7 Å². The highest BCUT2D eigenvalue weighted by molar-refractivity contribution is 7.99. The van der Waals surface area contributed by atoms with E-state index in [-0.39, 0.29) is 31.8 Å². The molecule has 0 saturated heterocycles. The first-order valence-electron chi connectivity index (χ1n) is 8.91. The van der Waals surface area contributed by atoms with Crippen LogP contribution in [0.2, 0.25) is 10.0 Å². The third-order valence-electron chi connectivity index (χ3n) is 4.18. The highest BCUT2D eigenvalue weighted by Crippen LogP contribution is 2.27. The number of sulfone groups is 1. The molecule has 2 aromatic carbocycles. The van der Waals surface area contributed by atoms with Crippen molar-refractivity contribution in [2.45, 2.75) is 28.4 Å². The predicted molar refractivity (Wildman–Crippen MR) is 121 cm³/mol. The van der Waals surface area contributed by atoms with Gasteiger partial charge in [-0.2, -0.15) is 0 Å². The van der Waals surface area contributed by atoms with Crippen LogP contribution in [0.1, 0.15) is 11.1 Å². The van der Waals surface area contributed by atoms with E-state index in [1.165, 1.54) is 18.2 Å². The van der Waals surface area contributed by atoms with E-state index in [1.54, 1.807) is 0 Å². The van der Waals surface area contributed by atoms with Gasteiger partial charge in [-0.3, -0.25) is 9.59 Å². The molecule has 0 atom stereocenters. The first-order chi connectivity index (χ1) is 14.7. The minimum absolute atomic E-state index is 0.00763. The average molecular weight is 498 g/mol. The quantitative estimate of drug-likeness (QED) is 0.381. The Morgan fingerprint density at radius 2 is 1.84 bits per heavy atom. The fourth-order valence-corrected chi connectivity index (χ4v) is 4.78. The summed E-state index contributed by atoms with van der Waals surface area (Å²) < 4.78 is 25.4. The summed E-state index contributed by atoms with van der Waals surface area (Å²) in [6.07, 6.45) is 0.962. The monoisotopic (exact) mass is 497 g/mol. The molecule has 0 saturated carbocycles. The van der Waals surface area contributed by atoms with Gasteiger partial charge in [-0.1, -0.05) is 64.8 Å². The Labute approximate surface area is 193 Å². The van der Waals surface area contributed by atoms with Crippen molar-refractivity contribution in [1.29, 1.82) is 0 Å². The molecule has 0 aliphatic heterocycles. The number of carbonyl (C=O) groups is 1. The number of aromatic nitrogens is 2. The summed E-state index contributed by atoms with van der Waals surface area (Å²) in [5.41, 5.74) is 1.25. The van der Waals surface area contributed by atoms with E-state index < -0.39 is 20.3 Å². The number of H-pyrrole nitrogens is 1. The Bertz CT molecular complexity index is 1280. The van der Waals surface area contributed by atoms with Gasteiger partial charge in [-0.05, 0) is 30.7 Å². The SMILES string of the molecule is Cc1ccc(CNC(=O)CSc2ncc(S(=O)(=O)c3ccc(Cl)c(Cl)c3)c(=O)[nH]2)cc1. The molecule has 7 nitrogen and oxygen atoms in total. The normalized spacial score (nSPS) is 11.3. The Morgan fingerprint density at radius 1 is 1.13 bits per heavy atom. The molecule has 2 N–H and O–H groups in total. The molecule has 1 heterocycles. The van der Waals surface area contributed by atoms with Crippen LogP contribution in [0, 0.1) is 6.92 Å². The van der Waals surface area contributed by atoms with Gasteiger partial charge in [0.25, 0.3) is 5.56 Å². The summed E-state index contributed by atoms with van der Waals surface area (Å²) in [5, 5.41) is 3.15. The molecule has 11 heteroatoms. The zero-order valence-electron chi connectivity index (χ0n) is 16.2. The molecule has 0 unspecified atom stereocenters. The van der Waals surface area contributed by atoms with Crippen LogP contribution in [0.5, 0.6) is 0 Å². The van der Waals surface area contributed by atoms with Gasteiger partial charge in [-0.15, -0.1) is 0 Å². The van der Waals surface area contributed by atoms with Crippen LogP contribution < -0.4 is 10.9 Å². The summed E-state index contributed by atoms with van der Waals surface area (Å²) in [7, 11) is -4.14. The van der Waals surface area contributed by atoms with E-state index in [2.05, 4.69) is 15.3 Å². The molecule has 0 bridgehead atoms. The molecular formula is C20H17Cl2N3O4S2. The number of rotatable bonds is 7. The highest BCUT2D eigenvalue weighted by atomic mass is 35.5. The van der Waals surface area contributed by atoms with E-state index in [0.29, 0.717) is 6.54 Å². The number of carbonyl (C=O) groups excluding carboxylic acids is 1. The van der Waals surface area contributed by atoms with Crippen molar-refractivity contribution >= 4 is 50.7 Å². The molecule has 0 aliphatic rings. The van der Waals surface area contributed by atoms with Gasteiger partial charge in [0, 0.05) is 6.54 Å². The van der Waals surface area contributed by atoms with Gasteiger partial charge in [0.1, 0.15) is 0 Å². The van der Waals surface area contributed by atoms with Crippen molar-refractivity contribution in [3.05, 3.63) is 80.2 Å². The van der Waals surface area contributed by atoms with Crippen LogP contribution >= 0.6 is 35.0 Å². The van der Waals surface area contributed by atoms with Gasteiger partial charge in [0.15, 0.2) is 10.1 Å². The van der Waals surface area contributed by atoms with Crippen LogP contribution in [0.4, 0.5) is 0 Å². The lowest BCUT2D eigenvalue weighted by atomic mass is 10.1. The highest BCUT2D eigenvalue weighted by Gasteiger charge is 2.23. The van der Waals surface area contributed by atoms with Gasteiger partial charge in [0.05, 0.1) is 26.9 Å². The third-order valence-corrected chi connectivity index (χ3v) is 7.56. The summed E-state index contributed by atoms with van der Waals surface area (Å²) in [6.45, 7) is 2.36. The molecule has 1 amide bonds. The number of nitrogens with one attached hydrogen (secondary N) is 2. The van der Waals surface area contributed by atoms with Crippen LogP contribution in [-0.4, -0.2) is 30.0 Å². The van der Waals surface area contributed by atoms with Gasteiger partial charge >= 0.3 is 0 Å². The maximum Gasteiger partial charge on any atom is 0.270 e. The molecule has 0 spiro atoms. The molecule has 3 rings (SSSR count). The smallest absolute Gasteiger partial charge is 0.270 e. The molecule has 0 aliphatic carbocycles. The van der Waals surface area contributed by atoms with Gasteiger partial charge in [-0.25, -0.2) is 13.4 Å². The largest absolute Gasteiger partial charge is 0.351 e. The zero-order valence-corrected chi connectivity index (χ0v) is 19.3. The number of aromatic amines is 1. The number of aryl methyl sites for hydroxylation is 1. The zero-order chi connectivity index (χ0) is 22.6. The standard InChI is InChI=1S/C20H17Cl2N3O4S2/c1-12-2-4-13(5-3-12)9-23-18(26)11-30-20-24-10-17(19(27)25-20)31(28,29)14-6-7-15(21)16(22)8-14/h2-8,10H,9,11H2,1H3,(H,23,26)(H,24,25,27). The fraction of sp³-hybridized carbons (Fsp3) is 0.150. The Hall–Kier alpha value is -2.33. The lowest BCUT2D eigenvalue weighted by molar-refractivity contribution is -0.118. The maximum absolute atomic E-state index is 12.7. The van der Waals surface area contributed by atoms with Crippen LogP contribution in [0.25, 0.3) is 0 Å². The van der Waals surface area contributed by atoms with E-state index in [0.717, 1.165) is 29.1 Å². The first-order valence-corrected chi connectivity index (χ1v) is 12.1. The summed E-state index contributed by atoms with van der Waals surface area (Å²) in [6, 6.07) is 11.5. The number of amides is 1. The maximum atomic E-state index is 12.7. The molecule has 31 heavy (non-hydrogen) atoms. The minimum atomic E-state index is -4.14. The van der Waals surface area contributed by atoms with Gasteiger partial charge < -0.3 is 10.3 Å². The molecule has 1 aromatic heterocycles. The topological polar surface area (TPSA) is 109 Å². The van der Waals surface area contributed by atoms with Crippen molar-refractivity contribution in [3.63, 3.8) is 0 Å². The molecule has 162 valence electrons. The second-order valence-corrected chi connectivity index (χ2v) is 10.2. The number of nitrogens with zero attached hydrogens (tertiary/aromatic N) is 1. The van der Waals surface area contributed by atoms with Crippen molar-refractivity contribution in [3.8, 4) is 0 Å².